The Morgan fingerprint density at radius 1 is 1.28 bits per heavy atom. The molecule has 3 rings (SSSR count). The Morgan fingerprint density at radius 2 is 2.04 bits per heavy atom. The Morgan fingerprint density at radius 3 is 2.80 bits per heavy atom. The summed E-state index contributed by atoms with van der Waals surface area (Å²) in [6, 6.07) is 7.24. The number of ether oxygens (including phenoxy) is 1. The van der Waals surface area contributed by atoms with Gasteiger partial charge in [-0.2, -0.15) is 0 Å². The number of benzene rings is 1. The van der Waals surface area contributed by atoms with E-state index >= 15 is 0 Å². The van der Waals surface area contributed by atoms with E-state index in [9.17, 15) is 14.7 Å². The number of hydrogen-bond acceptors (Lipinski definition) is 4. The Balaban J connectivity index is 1.61. The van der Waals surface area contributed by atoms with Crippen molar-refractivity contribution in [3.8, 4) is 5.75 Å². The number of methoxy groups -OCH3 is 1. The lowest BCUT2D eigenvalue weighted by molar-refractivity contribution is -0.143. The van der Waals surface area contributed by atoms with Crippen LogP contribution in [-0.2, 0) is 16.1 Å². The summed E-state index contributed by atoms with van der Waals surface area (Å²) >= 11 is 0. The highest BCUT2D eigenvalue weighted by Gasteiger charge is 2.45. The Hall–Kier alpha value is -2.08. The van der Waals surface area contributed by atoms with Crippen LogP contribution in [0.3, 0.4) is 0 Å². The van der Waals surface area contributed by atoms with Crippen LogP contribution < -0.4 is 10.1 Å². The maximum Gasteiger partial charge on any atom is 0.320 e. The number of amides is 1. The van der Waals surface area contributed by atoms with Crippen LogP contribution in [0.15, 0.2) is 24.3 Å². The van der Waals surface area contributed by atoms with E-state index in [1.54, 1.807) is 7.11 Å². The number of carboxylic acids is 1. The molecule has 0 spiro atoms. The van der Waals surface area contributed by atoms with Gasteiger partial charge in [0, 0.05) is 18.2 Å². The molecule has 2 fully saturated rings. The van der Waals surface area contributed by atoms with E-state index in [2.05, 4.69) is 5.32 Å². The van der Waals surface area contributed by atoms with Crippen molar-refractivity contribution < 1.29 is 19.4 Å². The number of carbonyl (C=O) groups is 2. The number of nitrogens with zero attached hydrogens (tertiary/aromatic N) is 1. The molecule has 2 aliphatic rings. The second-order valence-electron chi connectivity index (χ2n) is 6.96. The predicted octanol–water partition coefficient (Wildman–Crippen LogP) is 2.03. The van der Waals surface area contributed by atoms with Gasteiger partial charge in [-0.05, 0) is 31.2 Å². The lowest BCUT2D eigenvalue weighted by Gasteiger charge is -2.32. The lowest BCUT2D eigenvalue weighted by Crippen LogP contribution is -2.47. The highest BCUT2D eigenvalue weighted by Crippen LogP contribution is 2.39. The summed E-state index contributed by atoms with van der Waals surface area (Å²) in [7, 11) is 1.60. The molecule has 1 aliphatic carbocycles. The topological polar surface area (TPSA) is 78.9 Å². The molecule has 0 aromatic heterocycles. The molecule has 1 aliphatic heterocycles. The normalized spacial score (nSPS) is 26.0. The highest BCUT2D eigenvalue weighted by molar-refractivity contribution is 5.80. The van der Waals surface area contributed by atoms with Crippen molar-refractivity contribution in [2.75, 3.05) is 13.7 Å². The molecule has 1 saturated carbocycles. The number of nitrogens with one attached hydrogen (secondary N) is 1. The standard InChI is InChI=1S/C19H26N2O4/c1-25-17-9-5-3-7-14(17)11-20-18(22)12-21-15-8-4-2-6-13(15)10-16(21)19(23)24/h3,5,7,9,13,15-16H,2,4,6,8,10-12H2,1H3,(H,20,22)(H,23,24)/t13-,15+,16-/m0/s1. The number of likely N-dealkylation sites (tertiary alicyclic amines) is 1. The first-order valence-corrected chi connectivity index (χ1v) is 8.97. The van der Waals surface area contributed by atoms with Gasteiger partial charge in [0.1, 0.15) is 11.8 Å². The molecule has 1 aromatic rings. The van der Waals surface area contributed by atoms with Gasteiger partial charge in [0.25, 0.3) is 0 Å². The second-order valence-corrected chi connectivity index (χ2v) is 6.96. The minimum absolute atomic E-state index is 0.136. The molecule has 6 heteroatoms. The van der Waals surface area contributed by atoms with E-state index in [0.29, 0.717) is 18.9 Å². The Bertz CT molecular complexity index is 634. The zero-order valence-electron chi connectivity index (χ0n) is 14.6. The molecule has 136 valence electrons. The summed E-state index contributed by atoms with van der Waals surface area (Å²) in [6.45, 7) is 0.524. The van der Waals surface area contributed by atoms with Gasteiger partial charge in [-0.1, -0.05) is 31.0 Å². The number of rotatable bonds is 6. The zero-order chi connectivity index (χ0) is 17.8. The average molecular weight is 346 g/mol. The van der Waals surface area contributed by atoms with Gasteiger partial charge in [-0.3, -0.25) is 14.5 Å². The summed E-state index contributed by atoms with van der Waals surface area (Å²) in [6.07, 6.45) is 5.02. The third kappa shape index (κ3) is 3.95. The summed E-state index contributed by atoms with van der Waals surface area (Å²) in [5.41, 5.74) is 0.907. The number of carbonyl (C=O) groups excluding carboxylic acids is 1. The van der Waals surface area contributed by atoms with E-state index in [0.717, 1.165) is 30.6 Å². The van der Waals surface area contributed by atoms with Crippen molar-refractivity contribution in [2.45, 2.75) is 50.7 Å². The molecule has 1 aromatic carbocycles. The first-order chi connectivity index (χ1) is 12.1. The minimum Gasteiger partial charge on any atom is -0.496 e. The highest BCUT2D eigenvalue weighted by atomic mass is 16.5. The minimum atomic E-state index is -0.813. The number of aliphatic carboxylic acids is 1. The Kier molecular flexibility index (Phi) is 5.58. The largest absolute Gasteiger partial charge is 0.496 e. The molecule has 0 unspecified atom stereocenters. The molecule has 2 N–H and O–H groups in total. The van der Waals surface area contributed by atoms with Crippen LogP contribution in [0.25, 0.3) is 0 Å². The third-order valence-electron chi connectivity index (χ3n) is 5.50. The van der Waals surface area contributed by atoms with Gasteiger partial charge < -0.3 is 15.2 Å². The van der Waals surface area contributed by atoms with Crippen molar-refractivity contribution in [3.63, 3.8) is 0 Å². The van der Waals surface area contributed by atoms with Crippen LogP contribution in [0.5, 0.6) is 5.75 Å². The van der Waals surface area contributed by atoms with Crippen molar-refractivity contribution in [2.24, 2.45) is 5.92 Å². The fourth-order valence-electron chi connectivity index (χ4n) is 4.29. The smallest absolute Gasteiger partial charge is 0.320 e. The number of carboxylic acid groups (broad SMARTS) is 1. The quantitative estimate of drug-likeness (QED) is 0.824. The molecule has 25 heavy (non-hydrogen) atoms. The number of hydrogen-bond donors (Lipinski definition) is 2. The summed E-state index contributed by atoms with van der Waals surface area (Å²) in [4.78, 5) is 25.9. The van der Waals surface area contributed by atoms with Crippen molar-refractivity contribution in [1.29, 1.82) is 0 Å². The molecule has 6 nitrogen and oxygen atoms in total. The zero-order valence-corrected chi connectivity index (χ0v) is 14.6. The summed E-state index contributed by atoms with van der Waals surface area (Å²) < 4.78 is 5.29. The van der Waals surface area contributed by atoms with Gasteiger partial charge in [0.05, 0.1) is 13.7 Å². The molecule has 3 atom stereocenters. The maximum atomic E-state index is 12.4. The van der Waals surface area contributed by atoms with Crippen LogP contribution >= 0.6 is 0 Å². The number of fused-ring (bicyclic) bond motifs is 1. The van der Waals surface area contributed by atoms with E-state index in [1.165, 1.54) is 6.42 Å². The fourth-order valence-corrected chi connectivity index (χ4v) is 4.29. The summed E-state index contributed by atoms with van der Waals surface area (Å²) in [5.74, 6) is 0.201. The van der Waals surface area contributed by atoms with E-state index in [-0.39, 0.29) is 18.5 Å². The third-order valence-corrected chi connectivity index (χ3v) is 5.50. The monoisotopic (exact) mass is 346 g/mol. The van der Waals surface area contributed by atoms with Crippen molar-refractivity contribution >= 4 is 11.9 Å². The lowest BCUT2D eigenvalue weighted by atomic mass is 9.85. The SMILES string of the molecule is COc1ccccc1CNC(=O)CN1[C@@H]2CCCC[C@H]2C[C@H]1C(=O)O. The Labute approximate surface area is 148 Å². The molecule has 1 heterocycles. The first-order valence-electron chi connectivity index (χ1n) is 8.97. The van der Waals surface area contributed by atoms with E-state index in [1.807, 2.05) is 29.2 Å². The van der Waals surface area contributed by atoms with Crippen molar-refractivity contribution in [3.05, 3.63) is 29.8 Å². The van der Waals surface area contributed by atoms with Gasteiger partial charge in [-0.25, -0.2) is 0 Å². The molecule has 1 amide bonds. The van der Waals surface area contributed by atoms with Gasteiger partial charge >= 0.3 is 5.97 Å². The predicted molar refractivity (Wildman–Crippen MR) is 93.3 cm³/mol. The van der Waals surface area contributed by atoms with E-state index < -0.39 is 12.0 Å². The molecular weight excluding hydrogens is 320 g/mol. The van der Waals surface area contributed by atoms with Crippen LogP contribution in [0, 0.1) is 5.92 Å². The van der Waals surface area contributed by atoms with Crippen LogP contribution in [0.4, 0.5) is 0 Å². The fraction of sp³-hybridized carbons (Fsp3) is 0.579. The number of para-hydroxylation sites is 1. The van der Waals surface area contributed by atoms with Crippen LogP contribution in [0.2, 0.25) is 0 Å². The van der Waals surface area contributed by atoms with E-state index in [4.69, 9.17) is 4.74 Å². The second kappa shape index (κ2) is 7.87. The maximum absolute atomic E-state index is 12.4. The molecule has 1 saturated heterocycles. The van der Waals surface area contributed by atoms with Gasteiger partial charge in [0.15, 0.2) is 0 Å². The van der Waals surface area contributed by atoms with Gasteiger partial charge in [-0.15, -0.1) is 0 Å². The average Bonchev–Trinajstić information content (AvgIpc) is 2.99. The van der Waals surface area contributed by atoms with Crippen molar-refractivity contribution in [1.82, 2.24) is 10.2 Å². The molecule has 0 radical (unpaired) electrons. The van der Waals surface area contributed by atoms with Crippen LogP contribution in [0.1, 0.15) is 37.7 Å². The van der Waals surface area contributed by atoms with Crippen LogP contribution in [-0.4, -0.2) is 47.6 Å². The molecule has 0 bridgehead atoms. The van der Waals surface area contributed by atoms with Gasteiger partial charge in [0.2, 0.25) is 5.91 Å². The summed E-state index contributed by atoms with van der Waals surface area (Å²) in [5, 5.41) is 12.4. The molecular formula is C19H26N2O4. The first kappa shape index (κ1) is 17.7.